The SMILES string of the molecule is COc1ccccc1C(=O)NN1C(=O)[C@@H]2[C@H]3C=C[C@@H]([C@@H]4C[C@@H]34)[C@H]2C1=O. The number of benzene rings is 1. The summed E-state index contributed by atoms with van der Waals surface area (Å²) in [5, 5.41) is 0.946. The van der Waals surface area contributed by atoms with E-state index >= 15 is 0 Å². The Morgan fingerprint density at radius 3 is 2.28 bits per heavy atom. The average molecular weight is 338 g/mol. The van der Waals surface area contributed by atoms with Crippen molar-refractivity contribution in [3.05, 3.63) is 42.0 Å². The van der Waals surface area contributed by atoms with Crippen LogP contribution in [0, 0.1) is 35.5 Å². The smallest absolute Gasteiger partial charge is 0.274 e. The number of hydrogen-bond acceptors (Lipinski definition) is 4. The molecule has 6 atom stereocenters. The summed E-state index contributed by atoms with van der Waals surface area (Å²) in [6.07, 6.45) is 5.33. The molecule has 6 rings (SSSR count). The molecule has 3 fully saturated rings. The number of para-hydroxylation sites is 1. The van der Waals surface area contributed by atoms with Gasteiger partial charge in [0.1, 0.15) is 5.75 Å². The van der Waals surface area contributed by atoms with Crippen LogP contribution in [0.5, 0.6) is 5.75 Å². The van der Waals surface area contributed by atoms with E-state index in [1.54, 1.807) is 24.3 Å². The summed E-state index contributed by atoms with van der Waals surface area (Å²) in [4.78, 5) is 38.3. The zero-order valence-corrected chi connectivity index (χ0v) is 13.7. The molecule has 1 heterocycles. The maximum Gasteiger partial charge on any atom is 0.274 e. The molecule has 25 heavy (non-hydrogen) atoms. The lowest BCUT2D eigenvalue weighted by atomic mass is 9.63. The summed E-state index contributed by atoms with van der Waals surface area (Å²) < 4.78 is 5.18. The first-order chi connectivity index (χ1) is 12.1. The van der Waals surface area contributed by atoms with Crippen LogP contribution in [0.3, 0.4) is 0 Å². The second-order valence-electron chi connectivity index (χ2n) is 7.31. The average Bonchev–Trinajstić information content (AvgIpc) is 3.42. The molecule has 2 bridgehead atoms. The third kappa shape index (κ3) is 1.88. The highest BCUT2D eigenvalue weighted by Gasteiger charge is 2.67. The number of methoxy groups -OCH3 is 1. The zero-order chi connectivity index (χ0) is 17.3. The van der Waals surface area contributed by atoms with E-state index in [2.05, 4.69) is 17.6 Å². The van der Waals surface area contributed by atoms with Crippen molar-refractivity contribution in [2.75, 3.05) is 7.11 Å². The number of hydrogen-bond donors (Lipinski definition) is 1. The minimum atomic E-state index is -0.511. The van der Waals surface area contributed by atoms with Gasteiger partial charge < -0.3 is 4.74 Å². The van der Waals surface area contributed by atoms with Crippen LogP contribution in [-0.4, -0.2) is 29.8 Å². The number of carbonyl (C=O) groups excluding carboxylic acids is 3. The number of imide groups is 1. The number of nitrogens with one attached hydrogen (secondary N) is 1. The van der Waals surface area contributed by atoms with Crippen molar-refractivity contribution >= 4 is 17.7 Å². The van der Waals surface area contributed by atoms with E-state index < -0.39 is 5.91 Å². The molecule has 4 aliphatic carbocycles. The molecule has 0 unspecified atom stereocenters. The third-order valence-electron chi connectivity index (χ3n) is 6.23. The van der Waals surface area contributed by atoms with Gasteiger partial charge >= 0.3 is 0 Å². The summed E-state index contributed by atoms with van der Waals surface area (Å²) in [6, 6.07) is 6.74. The number of ether oxygens (including phenoxy) is 1. The molecule has 0 radical (unpaired) electrons. The molecule has 6 nitrogen and oxygen atoms in total. The minimum absolute atomic E-state index is 0.143. The van der Waals surface area contributed by atoms with Gasteiger partial charge in [-0.25, -0.2) is 0 Å². The van der Waals surface area contributed by atoms with Crippen molar-refractivity contribution in [3.8, 4) is 5.75 Å². The Bertz CT molecular complexity index is 796. The maximum atomic E-state index is 12.9. The maximum absolute atomic E-state index is 12.9. The second kappa shape index (κ2) is 4.94. The Hall–Kier alpha value is -2.63. The van der Waals surface area contributed by atoms with E-state index in [1.807, 2.05) is 0 Å². The fourth-order valence-corrected chi connectivity index (χ4v) is 5.06. The van der Waals surface area contributed by atoms with Gasteiger partial charge in [0.2, 0.25) is 0 Å². The van der Waals surface area contributed by atoms with Crippen LogP contribution >= 0.6 is 0 Å². The molecule has 1 aromatic rings. The topological polar surface area (TPSA) is 75.7 Å². The highest BCUT2D eigenvalue weighted by molar-refractivity contribution is 6.09. The standard InChI is InChI=1S/C19H18N2O4/c1-25-14-5-3-2-4-11(14)17(22)20-21-18(23)15-9-6-7-10(13-8-12(9)13)16(15)19(21)24/h2-7,9-10,12-13,15-16H,8H2,1H3,(H,20,22)/t9-,10-,12-,13-,15+,16+/m0/s1. The molecule has 3 amide bonds. The molecule has 6 heteroatoms. The van der Waals surface area contributed by atoms with Crippen LogP contribution < -0.4 is 10.2 Å². The van der Waals surface area contributed by atoms with Gasteiger partial charge in [0, 0.05) is 0 Å². The Morgan fingerprint density at radius 1 is 1.08 bits per heavy atom. The lowest BCUT2D eigenvalue weighted by Gasteiger charge is -2.37. The molecule has 5 aliphatic rings. The van der Waals surface area contributed by atoms with Crippen molar-refractivity contribution in [1.82, 2.24) is 10.4 Å². The van der Waals surface area contributed by atoms with Gasteiger partial charge in [-0.15, -0.1) is 0 Å². The summed E-state index contributed by atoms with van der Waals surface area (Å²) in [7, 11) is 1.47. The number of rotatable bonds is 3. The van der Waals surface area contributed by atoms with Crippen LogP contribution in [0.1, 0.15) is 16.8 Å². The number of nitrogens with zero attached hydrogens (tertiary/aromatic N) is 1. The molecule has 1 aliphatic heterocycles. The van der Waals surface area contributed by atoms with Gasteiger partial charge in [-0.2, -0.15) is 5.01 Å². The predicted molar refractivity (Wildman–Crippen MR) is 87.0 cm³/mol. The summed E-state index contributed by atoms with van der Waals surface area (Å²) >= 11 is 0. The molecule has 0 aromatic heterocycles. The molecule has 1 saturated heterocycles. The van der Waals surface area contributed by atoms with Gasteiger partial charge in [0.15, 0.2) is 0 Å². The van der Waals surface area contributed by atoms with E-state index in [-0.39, 0.29) is 35.5 Å². The van der Waals surface area contributed by atoms with Gasteiger partial charge in [-0.3, -0.25) is 19.8 Å². The van der Waals surface area contributed by atoms with Gasteiger partial charge in [-0.1, -0.05) is 24.3 Å². The van der Waals surface area contributed by atoms with Crippen molar-refractivity contribution in [2.45, 2.75) is 6.42 Å². The lowest BCUT2D eigenvalue weighted by molar-refractivity contribution is -0.143. The molecular weight excluding hydrogens is 320 g/mol. The van der Waals surface area contributed by atoms with Crippen molar-refractivity contribution in [1.29, 1.82) is 0 Å². The van der Waals surface area contributed by atoms with Crippen molar-refractivity contribution in [3.63, 3.8) is 0 Å². The Labute approximate surface area is 144 Å². The van der Waals surface area contributed by atoms with E-state index in [9.17, 15) is 14.4 Å². The highest BCUT2D eigenvalue weighted by Crippen LogP contribution is 2.65. The Morgan fingerprint density at radius 2 is 1.68 bits per heavy atom. The first-order valence-corrected chi connectivity index (χ1v) is 8.62. The van der Waals surface area contributed by atoms with E-state index in [0.717, 1.165) is 11.4 Å². The quantitative estimate of drug-likeness (QED) is 0.668. The summed E-state index contributed by atoms with van der Waals surface area (Å²) in [6.45, 7) is 0. The molecule has 128 valence electrons. The van der Waals surface area contributed by atoms with Crippen LogP contribution in [-0.2, 0) is 9.59 Å². The highest BCUT2D eigenvalue weighted by atomic mass is 16.5. The third-order valence-corrected chi connectivity index (χ3v) is 6.23. The molecule has 0 spiro atoms. The fraction of sp³-hybridized carbons (Fsp3) is 0.421. The first kappa shape index (κ1) is 14.7. The Balaban J connectivity index is 1.42. The van der Waals surface area contributed by atoms with Gasteiger partial charge in [0.05, 0.1) is 24.5 Å². The number of carbonyl (C=O) groups is 3. The van der Waals surface area contributed by atoms with Crippen LogP contribution in [0.4, 0.5) is 0 Å². The van der Waals surface area contributed by atoms with E-state index in [1.165, 1.54) is 7.11 Å². The van der Waals surface area contributed by atoms with Crippen LogP contribution in [0.2, 0.25) is 0 Å². The van der Waals surface area contributed by atoms with Gasteiger partial charge in [0.25, 0.3) is 17.7 Å². The van der Waals surface area contributed by atoms with Crippen molar-refractivity contribution in [2.24, 2.45) is 35.5 Å². The van der Waals surface area contributed by atoms with Crippen molar-refractivity contribution < 1.29 is 19.1 Å². The number of hydrazine groups is 1. The Kier molecular flexibility index (Phi) is 2.90. The molecule has 2 saturated carbocycles. The fourth-order valence-electron chi connectivity index (χ4n) is 5.06. The van der Waals surface area contributed by atoms with Crippen LogP contribution in [0.25, 0.3) is 0 Å². The minimum Gasteiger partial charge on any atom is -0.496 e. The second-order valence-corrected chi connectivity index (χ2v) is 7.31. The monoisotopic (exact) mass is 338 g/mol. The summed E-state index contributed by atoms with van der Waals surface area (Å²) in [5.41, 5.74) is 2.81. The van der Waals surface area contributed by atoms with Crippen LogP contribution in [0.15, 0.2) is 36.4 Å². The molecule has 1 aromatic carbocycles. The largest absolute Gasteiger partial charge is 0.496 e. The van der Waals surface area contributed by atoms with E-state index in [0.29, 0.717) is 23.1 Å². The first-order valence-electron chi connectivity index (χ1n) is 8.62. The summed E-state index contributed by atoms with van der Waals surface area (Å²) in [5.74, 6) is 0.0760. The zero-order valence-electron chi connectivity index (χ0n) is 13.7. The predicted octanol–water partition coefficient (Wildman–Crippen LogP) is 1.39. The molecule has 1 N–H and O–H groups in total. The lowest BCUT2D eigenvalue weighted by Crippen LogP contribution is -2.47. The molecular formula is C19H18N2O4. The van der Waals surface area contributed by atoms with E-state index in [4.69, 9.17) is 4.74 Å². The normalized spacial score (nSPS) is 36.9. The van der Waals surface area contributed by atoms with Gasteiger partial charge in [-0.05, 0) is 42.2 Å². The number of allylic oxidation sites excluding steroid dienone is 2. The number of amides is 3.